The van der Waals surface area contributed by atoms with Gasteiger partial charge in [0.2, 0.25) is 0 Å². The van der Waals surface area contributed by atoms with E-state index in [9.17, 15) is 9.59 Å². The molecule has 0 spiro atoms. The van der Waals surface area contributed by atoms with Gasteiger partial charge < -0.3 is 14.2 Å². The maximum Gasteiger partial charge on any atom is 0.315 e. The molecule has 150 valence electrons. The highest BCUT2D eigenvalue weighted by Crippen LogP contribution is 2.48. The number of carbonyl (C=O) groups excluding carboxylic acids is 2. The standard InChI is InChI=1S/C22H27NO5/c1-12(2)28-22(25)18-13(3)23-15-9-7-10-16(24)20(15)19(18)14-8-6-11-17(26-4)21(14)27-5/h6,8,11-12,18-19H,7,9-10H2,1-5H3/t18?,19-/m0/s1. The molecule has 1 aliphatic carbocycles. The van der Waals surface area contributed by atoms with Crippen LogP contribution in [0.1, 0.15) is 51.5 Å². The lowest BCUT2D eigenvalue weighted by atomic mass is 9.71. The van der Waals surface area contributed by atoms with Gasteiger partial charge in [-0.25, -0.2) is 0 Å². The molecule has 28 heavy (non-hydrogen) atoms. The van der Waals surface area contributed by atoms with Crippen molar-refractivity contribution in [3.05, 3.63) is 35.0 Å². The van der Waals surface area contributed by atoms with E-state index in [4.69, 9.17) is 14.2 Å². The van der Waals surface area contributed by atoms with Crippen molar-refractivity contribution >= 4 is 17.5 Å². The molecule has 0 aromatic heterocycles. The van der Waals surface area contributed by atoms with Gasteiger partial charge in [0.15, 0.2) is 17.3 Å². The molecule has 0 bridgehead atoms. The van der Waals surface area contributed by atoms with E-state index in [1.807, 2.05) is 32.9 Å². The number of rotatable bonds is 5. The Morgan fingerprint density at radius 1 is 1.18 bits per heavy atom. The number of methoxy groups -OCH3 is 2. The SMILES string of the molecule is COc1cccc([C@@H]2C3=C(CCCC3=O)N=C(C)C2C(=O)OC(C)C)c1OC. The Morgan fingerprint density at radius 2 is 1.93 bits per heavy atom. The smallest absolute Gasteiger partial charge is 0.315 e. The summed E-state index contributed by atoms with van der Waals surface area (Å²) in [6.07, 6.45) is 1.71. The van der Waals surface area contributed by atoms with Crippen molar-refractivity contribution in [1.82, 2.24) is 0 Å². The molecular formula is C22H27NO5. The first kappa shape index (κ1) is 20.1. The van der Waals surface area contributed by atoms with Crippen molar-refractivity contribution in [2.45, 2.75) is 52.1 Å². The van der Waals surface area contributed by atoms with Crippen LogP contribution in [0.25, 0.3) is 0 Å². The van der Waals surface area contributed by atoms with Gasteiger partial charge in [0.1, 0.15) is 5.92 Å². The van der Waals surface area contributed by atoms with Gasteiger partial charge in [-0.05, 0) is 39.7 Å². The van der Waals surface area contributed by atoms with Gasteiger partial charge in [-0.1, -0.05) is 12.1 Å². The van der Waals surface area contributed by atoms with E-state index in [-0.39, 0.29) is 17.9 Å². The van der Waals surface area contributed by atoms with E-state index in [1.54, 1.807) is 20.3 Å². The minimum atomic E-state index is -0.677. The third-order valence-corrected chi connectivity index (χ3v) is 5.21. The van der Waals surface area contributed by atoms with E-state index in [0.29, 0.717) is 29.2 Å². The fourth-order valence-corrected chi connectivity index (χ4v) is 4.11. The van der Waals surface area contributed by atoms with Crippen LogP contribution in [0.3, 0.4) is 0 Å². The van der Waals surface area contributed by atoms with Gasteiger partial charge in [-0.15, -0.1) is 0 Å². The molecule has 0 radical (unpaired) electrons. The van der Waals surface area contributed by atoms with Crippen LogP contribution in [0.5, 0.6) is 11.5 Å². The lowest BCUT2D eigenvalue weighted by Crippen LogP contribution is -2.38. The molecule has 3 rings (SSSR count). The van der Waals surface area contributed by atoms with Gasteiger partial charge in [0, 0.05) is 34.9 Å². The molecule has 6 nitrogen and oxygen atoms in total. The summed E-state index contributed by atoms with van der Waals surface area (Å²) < 4.78 is 16.6. The predicted molar refractivity (Wildman–Crippen MR) is 106 cm³/mol. The van der Waals surface area contributed by atoms with Gasteiger partial charge in [-0.3, -0.25) is 14.6 Å². The third-order valence-electron chi connectivity index (χ3n) is 5.21. The minimum absolute atomic E-state index is 0.0368. The molecule has 2 atom stereocenters. The lowest BCUT2D eigenvalue weighted by Gasteiger charge is -2.35. The molecule has 6 heteroatoms. The largest absolute Gasteiger partial charge is 0.493 e. The zero-order chi connectivity index (χ0) is 20.4. The second kappa shape index (κ2) is 8.17. The fourth-order valence-electron chi connectivity index (χ4n) is 4.11. The van der Waals surface area contributed by atoms with Crippen molar-refractivity contribution in [1.29, 1.82) is 0 Å². The van der Waals surface area contributed by atoms with Crippen molar-refractivity contribution in [3.63, 3.8) is 0 Å². The number of nitrogens with zero attached hydrogens (tertiary/aromatic N) is 1. The Labute approximate surface area is 165 Å². The highest BCUT2D eigenvalue weighted by Gasteiger charge is 2.44. The first-order chi connectivity index (χ1) is 13.4. The highest BCUT2D eigenvalue weighted by molar-refractivity contribution is 6.09. The van der Waals surface area contributed by atoms with Gasteiger partial charge >= 0.3 is 5.97 Å². The first-order valence-electron chi connectivity index (χ1n) is 9.61. The molecule has 1 unspecified atom stereocenters. The van der Waals surface area contributed by atoms with Crippen LogP contribution in [-0.2, 0) is 14.3 Å². The van der Waals surface area contributed by atoms with Crippen molar-refractivity contribution in [2.24, 2.45) is 10.9 Å². The highest BCUT2D eigenvalue weighted by atomic mass is 16.5. The number of benzene rings is 1. The maximum absolute atomic E-state index is 13.0. The van der Waals surface area contributed by atoms with Crippen LogP contribution >= 0.6 is 0 Å². The normalized spacial score (nSPS) is 21.9. The number of ketones is 1. The average molecular weight is 385 g/mol. The van der Waals surface area contributed by atoms with Gasteiger partial charge in [0.25, 0.3) is 0 Å². The Morgan fingerprint density at radius 3 is 2.57 bits per heavy atom. The van der Waals surface area contributed by atoms with Crippen LogP contribution in [0.2, 0.25) is 0 Å². The zero-order valence-electron chi connectivity index (χ0n) is 17.1. The summed E-state index contributed by atoms with van der Waals surface area (Å²) in [6.45, 7) is 5.45. The number of aliphatic imine (C=N–C) groups is 1. The molecule has 1 aromatic rings. The summed E-state index contributed by atoms with van der Waals surface area (Å²) in [5.41, 5.74) is 2.78. The molecule has 2 aliphatic rings. The third kappa shape index (κ3) is 3.55. The molecule has 0 N–H and O–H groups in total. The van der Waals surface area contributed by atoms with E-state index < -0.39 is 11.8 Å². The van der Waals surface area contributed by atoms with Crippen molar-refractivity contribution in [3.8, 4) is 11.5 Å². The molecule has 0 fully saturated rings. The second-order valence-corrected chi connectivity index (χ2v) is 7.41. The van der Waals surface area contributed by atoms with Gasteiger partial charge in [-0.2, -0.15) is 0 Å². The van der Waals surface area contributed by atoms with Crippen LogP contribution in [0, 0.1) is 5.92 Å². The van der Waals surface area contributed by atoms with Crippen LogP contribution < -0.4 is 9.47 Å². The second-order valence-electron chi connectivity index (χ2n) is 7.41. The molecular weight excluding hydrogens is 358 g/mol. The van der Waals surface area contributed by atoms with Crippen LogP contribution in [0.15, 0.2) is 34.5 Å². The summed E-state index contributed by atoms with van der Waals surface area (Å²) in [5.74, 6) is -0.439. The zero-order valence-corrected chi connectivity index (χ0v) is 17.1. The Hall–Kier alpha value is -2.63. The molecule has 0 amide bonds. The number of esters is 1. The quantitative estimate of drug-likeness (QED) is 0.720. The Kier molecular flexibility index (Phi) is 5.87. The Balaban J connectivity index is 2.22. The van der Waals surface area contributed by atoms with E-state index in [1.165, 1.54) is 0 Å². The number of allylic oxidation sites excluding steroid dienone is 2. The monoisotopic (exact) mass is 385 g/mol. The summed E-state index contributed by atoms with van der Waals surface area (Å²) in [7, 11) is 3.13. The summed E-state index contributed by atoms with van der Waals surface area (Å²) in [6, 6.07) is 5.52. The molecule has 1 aliphatic heterocycles. The Bertz CT molecular complexity index is 852. The number of hydrogen-bond acceptors (Lipinski definition) is 6. The number of carbonyl (C=O) groups is 2. The molecule has 0 saturated carbocycles. The average Bonchev–Trinajstić information content (AvgIpc) is 2.65. The number of hydrogen-bond donors (Lipinski definition) is 0. The number of para-hydroxylation sites is 1. The fraction of sp³-hybridized carbons (Fsp3) is 0.500. The van der Waals surface area contributed by atoms with E-state index >= 15 is 0 Å². The summed E-state index contributed by atoms with van der Waals surface area (Å²) >= 11 is 0. The van der Waals surface area contributed by atoms with Crippen LogP contribution in [0.4, 0.5) is 0 Å². The number of Topliss-reactive ketones (excluding diaryl/α,β-unsaturated/α-hetero) is 1. The minimum Gasteiger partial charge on any atom is -0.493 e. The van der Waals surface area contributed by atoms with Crippen molar-refractivity contribution < 1.29 is 23.8 Å². The van der Waals surface area contributed by atoms with Gasteiger partial charge in [0.05, 0.1) is 20.3 Å². The first-order valence-corrected chi connectivity index (χ1v) is 9.61. The van der Waals surface area contributed by atoms with Crippen LogP contribution in [-0.4, -0.2) is 37.8 Å². The predicted octanol–water partition coefficient (Wildman–Crippen LogP) is 3.84. The van der Waals surface area contributed by atoms with Crippen molar-refractivity contribution in [2.75, 3.05) is 14.2 Å². The van der Waals surface area contributed by atoms with E-state index in [2.05, 4.69) is 4.99 Å². The molecule has 1 heterocycles. The summed E-state index contributed by atoms with van der Waals surface area (Å²) in [4.78, 5) is 30.6. The summed E-state index contributed by atoms with van der Waals surface area (Å²) in [5, 5.41) is 0. The molecule has 0 saturated heterocycles. The topological polar surface area (TPSA) is 74.2 Å². The lowest BCUT2D eigenvalue weighted by molar-refractivity contribution is -0.150. The number of ether oxygens (including phenoxy) is 3. The molecule has 1 aromatic carbocycles. The maximum atomic E-state index is 13.0. The van der Waals surface area contributed by atoms with E-state index in [0.717, 1.165) is 24.1 Å².